The highest BCUT2D eigenvalue weighted by Crippen LogP contribution is 2.43. The van der Waals surface area contributed by atoms with Gasteiger partial charge >= 0.3 is 0 Å². The van der Waals surface area contributed by atoms with Crippen LogP contribution >= 0.6 is 0 Å². The van der Waals surface area contributed by atoms with Crippen molar-refractivity contribution in [3.8, 4) is 33.4 Å². The first-order valence-corrected chi connectivity index (χ1v) is 21.1. The lowest BCUT2D eigenvalue weighted by molar-refractivity contribution is 1.69. The summed E-state index contributed by atoms with van der Waals surface area (Å²) in [6.07, 6.45) is 0. The fourth-order valence-corrected chi connectivity index (χ4v) is 10.9. The molecule has 0 atom stereocenters. The fourth-order valence-electron chi connectivity index (χ4n) is 10.9. The van der Waals surface area contributed by atoms with Gasteiger partial charge in [-0.15, -0.1) is 32.8 Å². The molecule has 9 rings (SSSR count). The van der Waals surface area contributed by atoms with Crippen LogP contribution in [0.1, 0.15) is 0 Å². The molecule has 0 aliphatic heterocycles. The van der Waals surface area contributed by atoms with Crippen LogP contribution in [-0.2, 0) is 0 Å². The highest BCUT2D eigenvalue weighted by atomic mass is 14.3. The Hall–Kier alpha value is -4.81. The molecule has 0 nitrogen and oxygen atoms in total. The predicted octanol–water partition coefficient (Wildman–Crippen LogP) is -11.9. The molecule has 14 heteroatoms. The van der Waals surface area contributed by atoms with Crippen molar-refractivity contribution in [1.82, 2.24) is 0 Å². The third kappa shape index (κ3) is 5.22. The van der Waals surface area contributed by atoms with Crippen molar-refractivity contribution < 1.29 is 0 Å². The van der Waals surface area contributed by atoms with Crippen LogP contribution in [0.15, 0.2) is 84.9 Å². The summed E-state index contributed by atoms with van der Waals surface area (Å²) in [6, 6.07) is 31.7. The Kier molecular flexibility index (Phi) is 9.27. The summed E-state index contributed by atoms with van der Waals surface area (Å²) in [4.78, 5) is 0. The first-order chi connectivity index (χ1) is 27.7. The highest BCUT2D eigenvalue weighted by Gasteiger charge is 2.29. The second-order valence-electron chi connectivity index (χ2n) is 17.6. The summed E-state index contributed by atoms with van der Waals surface area (Å²) >= 11 is 0. The van der Waals surface area contributed by atoms with Gasteiger partial charge in [-0.05, 0) is 93.3 Å². The highest BCUT2D eigenvalue weighted by molar-refractivity contribution is 6.73. The van der Waals surface area contributed by atoms with Crippen molar-refractivity contribution in [2.75, 3.05) is 0 Å². The maximum absolute atomic E-state index is 2.47. The zero-order valence-corrected chi connectivity index (χ0v) is 37.1. The van der Waals surface area contributed by atoms with E-state index in [1.807, 2.05) is 0 Å². The molecule has 0 saturated carbocycles. The molecule has 0 spiro atoms. The standard InChI is InChI=1S/C44H42B14/c45-31-22(20-14-16-10-4-5-11-17(16)18-12-6-7-13-19(18)20)26-30(38(52)44(58)41(55)35(26)49)29(32(31)46)23-27-24(33(47)39(53)42(56)36(27)50)21(15-8-2-1-3-9-15)25-28(23)37(51)43(57)40(54)34(25)48/h1-14H,45-58H2. The normalized spacial score (nSPS) is 11.7. The Morgan fingerprint density at radius 2 is 0.586 bits per heavy atom. The molecule has 0 bridgehead atoms. The molecule has 0 radical (unpaired) electrons. The summed E-state index contributed by atoms with van der Waals surface area (Å²) in [6.45, 7) is 0. The molecular formula is C44H42B14. The molecule has 0 unspecified atom stereocenters. The molecule has 0 amide bonds. The van der Waals surface area contributed by atoms with Gasteiger partial charge in [-0.2, -0.15) is 0 Å². The van der Waals surface area contributed by atoms with E-state index in [1.54, 1.807) is 0 Å². The molecule has 260 valence electrons. The zero-order chi connectivity index (χ0) is 41.2. The molecule has 0 aliphatic carbocycles. The molecule has 0 aromatic heterocycles. The van der Waals surface area contributed by atoms with E-state index in [2.05, 4.69) is 195 Å². The average Bonchev–Trinajstić information content (AvgIpc) is 3.24. The second-order valence-corrected chi connectivity index (χ2v) is 17.6. The molecule has 0 fully saturated rings. The minimum absolute atomic E-state index is 1.28. The van der Waals surface area contributed by atoms with Gasteiger partial charge in [0.15, 0.2) is 0 Å². The first-order valence-electron chi connectivity index (χ1n) is 21.1. The van der Waals surface area contributed by atoms with Crippen molar-refractivity contribution in [2.45, 2.75) is 0 Å². The molecule has 0 saturated heterocycles. The lowest BCUT2D eigenvalue weighted by Gasteiger charge is -2.31. The van der Waals surface area contributed by atoms with Crippen LogP contribution in [-0.4, -0.2) is 110 Å². The third-order valence-electron chi connectivity index (χ3n) is 15.2. The van der Waals surface area contributed by atoms with Gasteiger partial charge < -0.3 is 0 Å². The van der Waals surface area contributed by atoms with E-state index in [1.165, 1.54) is 164 Å². The van der Waals surface area contributed by atoms with Gasteiger partial charge in [-0.3, -0.25) is 0 Å². The SMILES string of the molecule is Bc1c(B)c(B)c2c(-c3c4c(B)c(B)c(B)c(B)c4c(-c4ccccc4)c4c(B)c(B)c(B)c(B)c34)c(B)c(B)c(-c3cc4ccccc4c4ccccc34)c2c1B. The predicted molar refractivity (Wildman–Crippen MR) is 305 cm³/mol. The van der Waals surface area contributed by atoms with E-state index in [9.17, 15) is 0 Å². The van der Waals surface area contributed by atoms with Gasteiger partial charge in [-0.25, -0.2) is 0 Å². The average molecular weight is 722 g/mol. The van der Waals surface area contributed by atoms with E-state index < -0.39 is 0 Å². The Bertz CT molecular complexity index is 3240. The van der Waals surface area contributed by atoms with Crippen LogP contribution in [0.5, 0.6) is 0 Å². The number of hydrogen-bond acceptors (Lipinski definition) is 0. The summed E-state index contributed by atoms with van der Waals surface area (Å²) in [5, 5.41) is 13.6. The van der Waals surface area contributed by atoms with Crippen molar-refractivity contribution in [3.63, 3.8) is 0 Å². The van der Waals surface area contributed by atoms with Gasteiger partial charge in [0.25, 0.3) is 0 Å². The Morgan fingerprint density at radius 1 is 0.241 bits per heavy atom. The molecular weight excluding hydrogens is 680 g/mol. The second kappa shape index (κ2) is 13.9. The van der Waals surface area contributed by atoms with Crippen molar-refractivity contribution in [3.05, 3.63) is 84.9 Å². The van der Waals surface area contributed by atoms with Crippen LogP contribution in [0.2, 0.25) is 0 Å². The summed E-state index contributed by atoms with van der Waals surface area (Å²) in [5.41, 5.74) is 27.5. The van der Waals surface area contributed by atoms with Crippen molar-refractivity contribution in [1.29, 1.82) is 0 Å². The van der Waals surface area contributed by atoms with Crippen LogP contribution in [0.25, 0.3) is 87.2 Å². The summed E-state index contributed by atoms with van der Waals surface area (Å²) in [5.74, 6) is 0. The van der Waals surface area contributed by atoms with Crippen LogP contribution in [0, 0.1) is 0 Å². The molecule has 9 aromatic carbocycles. The molecule has 0 aliphatic rings. The molecule has 0 N–H and O–H groups in total. The molecule has 9 aromatic rings. The Labute approximate surface area is 356 Å². The van der Waals surface area contributed by atoms with Crippen molar-refractivity contribution >= 4 is 240 Å². The maximum atomic E-state index is 2.47. The number of benzene rings is 9. The third-order valence-corrected chi connectivity index (χ3v) is 15.2. The molecule has 58 heavy (non-hydrogen) atoms. The quantitative estimate of drug-likeness (QED) is 0.0968. The molecule has 0 heterocycles. The van der Waals surface area contributed by atoms with Crippen LogP contribution in [0.4, 0.5) is 0 Å². The van der Waals surface area contributed by atoms with Crippen LogP contribution < -0.4 is 76.5 Å². The summed E-state index contributed by atoms with van der Waals surface area (Å²) < 4.78 is 0. The lowest BCUT2D eigenvalue weighted by Crippen LogP contribution is -2.50. The van der Waals surface area contributed by atoms with E-state index in [-0.39, 0.29) is 0 Å². The number of hydrogen-bond donors (Lipinski definition) is 0. The maximum Gasteiger partial charge on any atom is 0.139 e. The number of rotatable bonds is 3. The fraction of sp³-hybridized carbons (Fsp3) is 0. The minimum atomic E-state index is 1.28. The monoisotopic (exact) mass is 724 g/mol. The van der Waals surface area contributed by atoms with Crippen LogP contribution in [0.3, 0.4) is 0 Å². The van der Waals surface area contributed by atoms with Gasteiger partial charge in [0, 0.05) is 0 Å². The number of fused-ring (bicyclic) bond motifs is 6. The first kappa shape index (κ1) is 38.7. The summed E-state index contributed by atoms with van der Waals surface area (Å²) in [7, 11) is 33.2. The Balaban J connectivity index is 1.63. The topological polar surface area (TPSA) is 0 Å². The van der Waals surface area contributed by atoms with Crippen molar-refractivity contribution in [2.24, 2.45) is 0 Å². The zero-order valence-electron chi connectivity index (χ0n) is 37.1. The largest absolute Gasteiger partial charge is 0.139 e. The minimum Gasteiger partial charge on any atom is -0.101 e. The van der Waals surface area contributed by atoms with E-state index >= 15 is 0 Å². The van der Waals surface area contributed by atoms with E-state index in [4.69, 9.17) is 0 Å². The van der Waals surface area contributed by atoms with Gasteiger partial charge in [-0.1, -0.05) is 123 Å². The van der Waals surface area contributed by atoms with Gasteiger partial charge in [0.05, 0.1) is 0 Å². The van der Waals surface area contributed by atoms with E-state index in [0.717, 1.165) is 0 Å². The van der Waals surface area contributed by atoms with E-state index in [0.29, 0.717) is 0 Å². The van der Waals surface area contributed by atoms with Gasteiger partial charge in [0.2, 0.25) is 0 Å². The lowest BCUT2D eigenvalue weighted by atomic mass is 9.57. The smallest absolute Gasteiger partial charge is 0.101 e. The van der Waals surface area contributed by atoms with Gasteiger partial charge in [0.1, 0.15) is 110 Å². The Morgan fingerprint density at radius 3 is 1.07 bits per heavy atom.